The summed E-state index contributed by atoms with van der Waals surface area (Å²) in [7, 11) is 0. The van der Waals surface area contributed by atoms with Crippen LogP contribution in [0.5, 0.6) is 5.75 Å². The summed E-state index contributed by atoms with van der Waals surface area (Å²) in [6.45, 7) is 0.141. The molecule has 106 valence electrons. The number of rotatable bonds is 4. The number of carbonyl (C=O) groups is 1. The van der Waals surface area contributed by atoms with Gasteiger partial charge in [-0.2, -0.15) is 0 Å². The summed E-state index contributed by atoms with van der Waals surface area (Å²) in [5.74, 6) is -0.0222. The monoisotopic (exact) mass is 303 g/mol. The van der Waals surface area contributed by atoms with Crippen molar-refractivity contribution in [2.45, 2.75) is 6.61 Å². The van der Waals surface area contributed by atoms with Gasteiger partial charge in [0.1, 0.15) is 12.4 Å². The number of nitrogens with zero attached hydrogens (tertiary/aromatic N) is 3. The highest BCUT2D eigenvalue weighted by Crippen LogP contribution is 2.16. The number of fused-ring (bicyclic) bond motifs is 1. The van der Waals surface area contributed by atoms with Crippen LogP contribution in [0.3, 0.4) is 0 Å². The molecule has 0 spiro atoms. The second-order valence-electron chi connectivity index (χ2n) is 4.26. The lowest BCUT2D eigenvalue weighted by Gasteiger charge is -2.02. The van der Waals surface area contributed by atoms with Gasteiger partial charge in [0.2, 0.25) is 0 Å². The van der Waals surface area contributed by atoms with Crippen molar-refractivity contribution in [1.29, 1.82) is 0 Å². The van der Waals surface area contributed by atoms with Gasteiger partial charge in [-0.3, -0.25) is 0 Å². The molecule has 3 aromatic rings. The van der Waals surface area contributed by atoms with Crippen LogP contribution in [0.2, 0.25) is 5.02 Å². The smallest absolute Gasteiger partial charge is 0.354 e. The van der Waals surface area contributed by atoms with Crippen LogP contribution in [0, 0.1) is 0 Å². The second-order valence-corrected chi connectivity index (χ2v) is 4.69. The molecule has 2 heterocycles. The number of aromatic carboxylic acids is 1. The zero-order valence-electron chi connectivity index (χ0n) is 10.7. The van der Waals surface area contributed by atoms with Gasteiger partial charge < -0.3 is 9.84 Å². The molecule has 21 heavy (non-hydrogen) atoms. The van der Waals surface area contributed by atoms with Gasteiger partial charge in [0.05, 0.1) is 0 Å². The maximum Gasteiger partial charge on any atom is 0.354 e. The Labute approximate surface area is 124 Å². The Morgan fingerprint density at radius 2 is 2.00 bits per heavy atom. The van der Waals surface area contributed by atoms with Gasteiger partial charge in [-0.1, -0.05) is 17.7 Å². The van der Waals surface area contributed by atoms with E-state index in [0.717, 1.165) is 0 Å². The van der Waals surface area contributed by atoms with Crippen molar-refractivity contribution in [3.63, 3.8) is 0 Å². The summed E-state index contributed by atoms with van der Waals surface area (Å²) < 4.78 is 6.81. The summed E-state index contributed by atoms with van der Waals surface area (Å²) in [5.41, 5.74) is 0.516. The Bertz CT molecular complexity index is 799. The Hall–Kier alpha value is -2.60. The Morgan fingerprint density at radius 3 is 2.71 bits per heavy atom. The molecule has 2 aromatic heterocycles. The molecule has 0 saturated heterocycles. The molecule has 0 unspecified atom stereocenters. The lowest BCUT2D eigenvalue weighted by molar-refractivity contribution is 0.0687. The topological polar surface area (TPSA) is 76.7 Å². The largest absolute Gasteiger partial charge is 0.486 e. The molecule has 0 aliphatic rings. The molecule has 0 aliphatic carbocycles. The fourth-order valence-corrected chi connectivity index (χ4v) is 1.98. The number of hydrogen-bond donors (Lipinski definition) is 1. The maximum absolute atomic E-state index is 11.1. The first-order valence-corrected chi connectivity index (χ1v) is 6.47. The van der Waals surface area contributed by atoms with E-state index in [1.807, 2.05) is 0 Å². The molecule has 7 heteroatoms. The molecule has 6 nitrogen and oxygen atoms in total. The van der Waals surface area contributed by atoms with E-state index in [1.165, 1.54) is 10.6 Å². The number of aromatic nitrogens is 3. The van der Waals surface area contributed by atoms with E-state index in [0.29, 0.717) is 22.2 Å². The zero-order valence-corrected chi connectivity index (χ0v) is 11.5. The highest BCUT2D eigenvalue weighted by Gasteiger charge is 2.12. The van der Waals surface area contributed by atoms with Gasteiger partial charge in [-0.05, 0) is 36.4 Å². The molecule has 0 saturated carbocycles. The average Bonchev–Trinajstić information content (AvgIpc) is 2.89. The number of carboxylic acids is 1. The van der Waals surface area contributed by atoms with E-state index in [4.69, 9.17) is 21.4 Å². The standard InChI is InChI=1S/C14H10ClN3O3/c15-9-4-6-10(7-5-9)21-8-12-16-13-3-1-2-11(14(19)20)18(13)17-12/h1-7H,8H2,(H,19,20). The minimum atomic E-state index is -1.06. The third-order valence-corrected chi connectivity index (χ3v) is 3.06. The van der Waals surface area contributed by atoms with E-state index in [-0.39, 0.29) is 12.3 Å². The lowest BCUT2D eigenvalue weighted by atomic mass is 10.3. The van der Waals surface area contributed by atoms with Crippen LogP contribution >= 0.6 is 11.6 Å². The number of halogens is 1. The maximum atomic E-state index is 11.1. The minimum absolute atomic E-state index is 0.0535. The van der Waals surface area contributed by atoms with Crippen LogP contribution in [0.1, 0.15) is 16.3 Å². The zero-order chi connectivity index (χ0) is 14.8. The van der Waals surface area contributed by atoms with Crippen molar-refractivity contribution in [2.75, 3.05) is 0 Å². The fourth-order valence-electron chi connectivity index (χ4n) is 1.85. The minimum Gasteiger partial charge on any atom is -0.486 e. The Kier molecular flexibility index (Phi) is 3.45. The number of carboxylic acid groups (broad SMARTS) is 1. The predicted octanol–water partition coefficient (Wildman–Crippen LogP) is 2.66. The van der Waals surface area contributed by atoms with Crippen molar-refractivity contribution in [3.05, 3.63) is 59.0 Å². The summed E-state index contributed by atoms with van der Waals surface area (Å²) in [6, 6.07) is 11.7. The normalized spacial score (nSPS) is 10.7. The van der Waals surface area contributed by atoms with E-state index in [1.54, 1.807) is 36.4 Å². The van der Waals surface area contributed by atoms with E-state index in [9.17, 15) is 4.79 Å². The van der Waals surface area contributed by atoms with Crippen LogP contribution in [0.25, 0.3) is 5.65 Å². The molecular formula is C14H10ClN3O3. The first kappa shape index (κ1) is 13.4. The lowest BCUT2D eigenvalue weighted by Crippen LogP contribution is -2.06. The van der Waals surface area contributed by atoms with Crippen LogP contribution < -0.4 is 4.74 Å². The Morgan fingerprint density at radius 1 is 1.24 bits per heavy atom. The molecule has 0 atom stereocenters. The molecule has 0 fully saturated rings. The number of ether oxygens (including phenoxy) is 1. The Balaban J connectivity index is 1.83. The fraction of sp³-hybridized carbons (Fsp3) is 0.0714. The summed E-state index contributed by atoms with van der Waals surface area (Å²) in [6.07, 6.45) is 0. The highest BCUT2D eigenvalue weighted by atomic mass is 35.5. The van der Waals surface area contributed by atoms with Crippen molar-refractivity contribution in [3.8, 4) is 5.75 Å². The molecule has 1 N–H and O–H groups in total. The van der Waals surface area contributed by atoms with E-state index >= 15 is 0 Å². The molecular weight excluding hydrogens is 294 g/mol. The molecule has 0 bridgehead atoms. The van der Waals surface area contributed by atoms with Gasteiger partial charge >= 0.3 is 5.97 Å². The molecule has 0 amide bonds. The number of benzene rings is 1. The van der Waals surface area contributed by atoms with Crippen molar-refractivity contribution in [1.82, 2.24) is 14.6 Å². The van der Waals surface area contributed by atoms with Crippen LogP contribution in [-0.2, 0) is 6.61 Å². The predicted molar refractivity (Wildman–Crippen MR) is 75.7 cm³/mol. The number of hydrogen-bond acceptors (Lipinski definition) is 4. The molecule has 3 rings (SSSR count). The van der Waals surface area contributed by atoms with Gasteiger partial charge in [0, 0.05) is 5.02 Å². The SMILES string of the molecule is O=C(O)c1cccc2nc(COc3ccc(Cl)cc3)nn12. The van der Waals surface area contributed by atoms with E-state index in [2.05, 4.69) is 10.1 Å². The van der Waals surface area contributed by atoms with Crippen molar-refractivity contribution in [2.24, 2.45) is 0 Å². The van der Waals surface area contributed by atoms with E-state index < -0.39 is 5.97 Å². The second kappa shape index (κ2) is 5.41. The van der Waals surface area contributed by atoms with Crippen molar-refractivity contribution < 1.29 is 14.6 Å². The first-order chi connectivity index (χ1) is 10.1. The van der Waals surface area contributed by atoms with Crippen LogP contribution in [0.15, 0.2) is 42.5 Å². The van der Waals surface area contributed by atoms with Gasteiger partial charge in [-0.15, -0.1) is 5.10 Å². The van der Waals surface area contributed by atoms with Gasteiger partial charge in [0.25, 0.3) is 0 Å². The quantitative estimate of drug-likeness (QED) is 0.802. The van der Waals surface area contributed by atoms with Crippen LogP contribution in [-0.4, -0.2) is 25.7 Å². The van der Waals surface area contributed by atoms with Crippen LogP contribution in [0.4, 0.5) is 0 Å². The average molecular weight is 304 g/mol. The summed E-state index contributed by atoms with van der Waals surface area (Å²) in [4.78, 5) is 15.3. The van der Waals surface area contributed by atoms with Gasteiger partial charge in [0.15, 0.2) is 17.2 Å². The first-order valence-electron chi connectivity index (χ1n) is 6.10. The van der Waals surface area contributed by atoms with Gasteiger partial charge in [-0.25, -0.2) is 14.3 Å². The number of pyridine rings is 1. The summed E-state index contributed by atoms with van der Waals surface area (Å²) in [5, 5.41) is 13.9. The molecule has 0 radical (unpaired) electrons. The molecule has 1 aromatic carbocycles. The summed E-state index contributed by atoms with van der Waals surface area (Å²) >= 11 is 5.79. The third-order valence-electron chi connectivity index (χ3n) is 2.80. The van der Waals surface area contributed by atoms with Crippen molar-refractivity contribution >= 4 is 23.2 Å². The third kappa shape index (κ3) is 2.80. The molecule has 0 aliphatic heterocycles. The highest BCUT2D eigenvalue weighted by molar-refractivity contribution is 6.30.